The van der Waals surface area contributed by atoms with E-state index in [1.807, 2.05) is 6.07 Å². The third-order valence-electron chi connectivity index (χ3n) is 4.38. The van der Waals surface area contributed by atoms with Crippen LogP contribution in [0.1, 0.15) is 45.8 Å². The minimum atomic E-state index is -0.258. The van der Waals surface area contributed by atoms with E-state index in [4.69, 9.17) is 4.74 Å². The van der Waals surface area contributed by atoms with Crippen LogP contribution >= 0.6 is 0 Å². The number of ether oxygens (including phenoxy) is 1. The van der Waals surface area contributed by atoms with Crippen molar-refractivity contribution < 1.29 is 19.4 Å². The number of carbonyl (C=O) groups is 2. The molecule has 0 amide bonds. The average Bonchev–Trinajstić information content (AvgIpc) is 2.96. The second-order valence-corrected chi connectivity index (χ2v) is 5.78. The fourth-order valence-corrected chi connectivity index (χ4v) is 3.15. The van der Waals surface area contributed by atoms with Crippen LogP contribution in [0.3, 0.4) is 0 Å². The first-order chi connectivity index (χ1) is 11.1. The molecule has 0 aromatic heterocycles. The van der Waals surface area contributed by atoms with E-state index in [1.165, 1.54) is 7.11 Å². The van der Waals surface area contributed by atoms with Gasteiger partial charge in [-0.3, -0.25) is 9.59 Å². The van der Waals surface area contributed by atoms with E-state index < -0.39 is 0 Å². The lowest BCUT2D eigenvalue weighted by Crippen LogP contribution is -2.07. The van der Waals surface area contributed by atoms with E-state index in [0.29, 0.717) is 17.5 Å². The van der Waals surface area contributed by atoms with E-state index in [1.54, 1.807) is 36.4 Å². The molecule has 0 heterocycles. The number of hydrogen-bond donors (Lipinski definition) is 1. The smallest absolute Gasteiger partial charge is 0.306 e. The summed E-state index contributed by atoms with van der Waals surface area (Å²) in [5, 5.41) is 10.3. The largest absolute Gasteiger partial charge is 0.507 e. The first-order valence-electron chi connectivity index (χ1n) is 7.62. The molecule has 1 N–H and O–H groups in total. The van der Waals surface area contributed by atoms with Crippen LogP contribution in [0, 0.1) is 0 Å². The molecule has 118 valence electrons. The van der Waals surface area contributed by atoms with E-state index in [9.17, 15) is 14.7 Å². The van der Waals surface area contributed by atoms with Gasteiger partial charge in [0.2, 0.25) is 0 Å². The summed E-state index contributed by atoms with van der Waals surface area (Å²) in [4.78, 5) is 24.0. The fraction of sp³-hybridized carbons (Fsp3) is 0.263. The molecule has 1 aliphatic carbocycles. The predicted octanol–water partition coefficient (Wildman–Crippen LogP) is 3.22. The normalized spacial score (nSPS) is 16.0. The molecule has 0 radical (unpaired) electrons. The van der Waals surface area contributed by atoms with Crippen LogP contribution < -0.4 is 0 Å². The SMILES string of the molecule is COC(=O)CC1CCc2cc(C(=O)c3ccccc3)c(O)cc21. The highest BCUT2D eigenvalue weighted by Crippen LogP contribution is 2.39. The Morgan fingerprint density at radius 3 is 2.65 bits per heavy atom. The van der Waals surface area contributed by atoms with Crippen molar-refractivity contribution >= 4 is 11.8 Å². The van der Waals surface area contributed by atoms with Crippen molar-refractivity contribution in [1.82, 2.24) is 0 Å². The van der Waals surface area contributed by atoms with Crippen molar-refractivity contribution in [2.24, 2.45) is 0 Å². The third-order valence-corrected chi connectivity index (χ3v) is 4.38. The van der Waals surface area contributed by atoms with Crippen molar-refractivity contribution in [3.63, 3.8) is 0 Å². The molecule has 23 heavy (non-hydrogen) atoms. The molecule has 2 aromatic carbocycles. The summed E-state index contributed by atoms with van der Waals surface area (Å²) in [6, 6.07) is 12.3. The number of fused-ring (bicyclic) bond motifs is 1. The van der Waals surface area contributed by atoms with Crippen LogP contribution in [-0.2, 0) is 16.0 Å². The lowest BCUT2D eigenvalue weighted by Gasteiger charge is -2.12. The lowest BCUT2D eigenvalue weighted by atomic mass is 9.94. The quantitative estimate of drug-likeness (QED) is 0.695. The molecule has 0 saturated carbocycles. The maximum atomic E-state index is 12.5. The number of aromatic hydroxyl groups is 1. The molecule has 2 aromatic rings. The van der Waals surface area contributed by atoms with Gasteiger partial charge in [-0.15, -0.1) is 0 Å². The summed E-state index contributed by atoms with van der Waals surface area (Å²) in [5.41, 5.74) is 2.83. The van der Waals surface area contributed by atoms with Gasteiger partial charge in [0.05, 0.1) is 19.1 Å². The molecule has 0 spiro atoms. The number of hydrogen-bond acceptors (Lipinski definition) is 4. The molecule has 1 atom stereocenters. The van der Waals surface area contributed by atoms with E-state index in [-0.39, 0.29) is 23.4 Å². The predicted molar refractivity (Wildman–Crippen MR) is 85.7 cm³/mol. The van der Waals surface area contributed by atoms with Gasteiger partial charge in [-0.25, -0.2) is 0 Å². The van der Waals surface area contributed by atoms with Crippen molar-refractivity contribution in [2.45, 2.75) is 25.2 Å². The van der Waals surface area contributed by atoms with Crippen molar-refractivity contribution in [3.8, 4) is 5.75 Å². The molecule has 0 aliphatic heterocycles. The minimum Gasteiger partial charge on any atom is -0.507 e. The van der Waals surface area contributed by atoms with Gasteiger partial charge in [0.25, 0.3) is 0 Å². The molecule has 4 nitrogen and oxygen atoms in total. The van der Waals surface area contributed by atoms with Gasteiger partial charge in [0, 0.05) is 5.56 Å². The Morgan fingerprint density at radius 2 is 1.96 bits per heavy atom. The summed E-state index contributed by atoms with van der Waals surface area (Å²) in [6.07, 6.45) is 1.92. The molecule has 0 fully saturated rings. The Balaban J connectivity index is 1.92. The van der Waals surface area contributed by atoms with Crippen LogP contribution in [0.5, 0.6) is 5.75 Å². The first kappa shape index (κ1) is 15.3. The van der Waals surface area contributed by atoms with Crippen LogP contribution in [-0.4, -0.2) is 24.0 Å². The summed E-state index contributed by atoms with van der Waals surface area (Å²) in [7, 11) is 1.37. The number of phenols is 1. The zero-order valence-corrected chi connectivity index (χ0v) is 12.9. The highest BCUT2D eigenvalue weighted by Gasteiger charge is 2.28. The zero-order chi connectivity index (χ0) is 16.4. The summed E-state index contributed by atoms with van der Waals surface area (Å²) in [6.45, 7) is 0. The zero-order valence-electron chi connectivity index (χ0n) is 12.9. The Bertz CT molecular complexity index is 749. The van der Waals surface area contributed by atoms with Crippen LogP contribution in [0.25, 0.3) is 0 Å². The monoisotopic (exact) mass is 310 g/mol. The van der Waals surface area contributed by atoms with Crippen molar-refractivity contribution in [2.75, 3.05) is 7.11 Å². The van der Waals surface area contributed by atoms with E-state index in [0.717, 1.165) is 24.0 Å². The van der Waals surface area contributed by atoms with E-state index in [2.05, 4.69) is 0 Å². The summed E-state index contributed by atoms with van der Waals surface area (Å²) >= 11 is 0. The Hall–Kier alpha value is -2.62. The minimum absolute atomic E-state index is 0.0330. The number of methoxy groups -OCH3 is 1. The highest BCUT2D eigenvalue weighted by atomic mass is 16.5. The molecule has 1 aliphatic rings. The first-order valence-corrected chi connectivity index (χ1v) is 7.62. The summed E-state index contributed by atoms with van der Waals surface area (Å²) in [5.74, 6) is -0.437. The van der Waals surface area contributed by atoms with Gasteiger partial charge in [-0.1, -0.05) is 30.3 Å². The number of ketones is 1. The fourth-order valence-electron chi connectivity index (χ4n) is 3.15. The average molecular weight is 310 g/mol. The molecular weight excluding hydrogens is 292 g/mol. The third kappa shape index (κ3) is 2.97. The number of rotatable bonds is 4. The lowest BCUT2D eigenvalue weighted by molar-refractivity contribution is -0.141. The Kier molecular flexibility index (Phi) is 4.15. The van der Waals surface area contributed by atoms with Gasteiger partial charge in [0.1, 0.15) is 5.75 Å². The van der Waals surface area contributed by atoms with Gasteiger partial charge in [-0.05, 0) is 42.0 Å². The maximum absolute atomic E-state index is 12.5. The Morgan fingerprint density at radius 1 is 1.22 bits per heavy atom. The van der Waals surface area contributed by atoms with Gasteiger partial charge in [-0.2, -0.15) is 0 Å². The molecule has 0 bridgehead atoms. The van der Waals surface area contributed by atoms with E-state index >= 15 is 0 Å². The van der Waals surface area contributed by atoms with Crippen molar-refractivity contribution in [3.05, 3.63) is 64.7 Å². The second kappa shape index (κ2) is 6.24. The number of phenolic OH excluding ortho intramolecular Hbond substituents is 1. The molecule has 1 unspecified atom stereocenters. The second-order valence-electron chi connectivity index (χ2n) is 5.78. The molecular formula is C19H18O4. The van der Waals surface area contributed by atoms with Crippen molar-refractivity contribution in [1.29, 1.82) is 0 Å². The standard InChI is InChI=1S/C19H18O4/c1-23-18(21)10-14-8-7-13-9-16(17(20)11-15(13)14)19(22)12-5-3-2-4-6-12/h2-6,9,11,14,20H,7-8,10H2,1H3. The summed E-state index contributed by atoms with van der Waals surface area (Å²) < 4.78 is 4.72. The van der Waals surface area contributed by atoms with Gasteiger partial charge >= 0.3 is 5.97 Å². The van der Waals surface area contributed by atoms with Gasteiger partial charge in [0.15, 0.2) is 5.78 Å². The van der Waals surface area contributed by atoms with Crippen LogP contribution in [0.15, 0.2) is 42.5 Å². The number of benzene rings is 2. The van der Waals surface area contributed by atoms with Gasteiger partial charge < -0.3 is 9.84 Å². The number of carbonyl (C=O) groups excluding carboxylic acids is 2. The molecule has 4 heteroatoms. The number of esters is 1. The molecule has 0 saturated heterocycles. The highest BCUT2D eigenvalue weighted by molar-refractivity contribution is 6.10. The Labute approximate surface area is 134 Å². The topological polar surface area (TPSA) is 63.6 Å². The van der Waals surface area contributed by atoms with Crippen LogP contribution in [0.4, 0.5) is 0 Å². The number of aryl methyl sites for hydroxylation is 1. The van der Waals surface area contributed by atoms with Crippen LogP contribution in [0.2, 0.25) is 0 Å². The molecule has 3 rings (SSSR count). The maximum Gasteiger partial charge on any atom is 0.306 e.